The zero-order valence-electron chi connectivity index (χ0n) is 11.8. The molecule has 0 unspecified atom stereocenters. The lowest BCUT2D eigenvalue weighted by Crippen LogP contribution is -2.04. The van der Waals surface area contributed by atoms with Gasteiger partial charge in [-0.1, -0.05) is 49.8 Å². The van der Waals surface area contributed by atoms with Crippen LogP contribution in [-0.2, 0) is 12.2 Å². The Morgan fingerprint density at radius 1 is 1.38 bits per heavy atom. The Bertz CT molecular complexity index is 686. The summed E-state index contributed by atoms with van der Waals surface area (Å²) in [7, 11) is 0. The minimum absolute atomic E-state index is 0.554. The summed E-state index contributed by atoms with van der Waals surface area (Å²) < 4.78 is 1.51. The Kier molecular flexibility index (Phi) is 6.29. The van der Waals surface area contributed by atoms with Gasteiger partial charge >= 0.3 is 0 Å². The van der Waals surface area contributed by atoms with Gasteiger partial charge in [-0.15, -0.1) is 11.8 Å². The van der Waals surface area contributed by atoms with Crippen molar-refractivity contribution in [2.75, 3.05) is 0 Å². The molecule has 0 saturated heterocycles. The molecule has 0 radical (unpaired) electrons. The van der Waals surface area contributed by atoms with Gasteiger partial charge in [-0.2, -0.15) is 0 Å². The van der Waals surface area contributed by atoms with Crippen LogP contribution in [0.4, 0.5) is 0 Å². The minimum Gasteiger partial charge on any atom is -0.345 e. The van der Waals surface area contributed by atoms with Crippen molar-refractivity contribution in [3.63, 3.8) is 0 Å². The van der Waals surface area contributed by atoms with Crippen molar-refractivity contribution in [2.45, 2.75) is 30.9 Å². The SMILES string of the molecule is CC(C)Cc1[nH]c(CSc2ccccc2Cl)nc(=S)c1Br. The van der Waals surface area contributed by atoms with E-state index in [1.54, 1.807) is 11.8 Å². The summed E-state index contributed by atoms with van der Waals surface area (Å²) in [5.41, 5.74) is 1.11. The van der Waals surface area contributed by atoms with E-state index in [-0.39, 0.29) is 0 Å². The van der Waals surface area contributed by atoms with Gasteiger partial charge in [-0.3, -0.25) is 0 Å². The first-order valence-electron chi connectivity index (χ1n) is 6.62. The number of nitrogens with one attached hydrogen (secondary N) is 1. The number of hydrogen-bond donors (Lipinski definition) is 1. The van der Waals surface area contributed by atoms with Crippen LogP contribution in [0.1, 0.15) is 25.4 Å². The van der Waals surface area contributed by atoms with Gasteiger partial charge in [0.1, 0.15) is 10.5 Å². The Balaban J connectivity index is 2.19. The molecular formula is C15H16BrClN2S2. The number of hydrogen-bond acceptors (Lipinski definition) is 3. The zero-order valence-corrected chi connectivity index (χ0v) is 15.8. The number of benzene rings is 1. The van der Waals surface area contributed by atoms with Crippen molar-refractivity contribution in [3.05, 3.63) is 49.9 Å². The van der Waals surface area contributed by atoms with Gasteiger partial charge in [0, 0.05) is 10.6 Å². The van der Waals surface area contributed by atoms with E-state index in [0.29, 0.717) is 16.3 Å². The van der Waals surface area contributed by atoms with Gasteiger partial charge in [0.15, 0.2) is 0 Å². The van der Waals surface area contributed by atoms with Gasteiger partial charge in [-0.05, 0) is 40.4 Å². The lowest BCUT2D eigenvalue weighted by molar-refractivity contribution is 0.629. The van der Waals surface area contributed by atoms with Gasteiger partial charge in [0.05, 0.1) is 15.2 Å². The highest BCUT2D eigenvalue weighted by Gasteiger charge is 2.09. The van der Waals surface area contributed by atoms with E-state index in [4.69, 9.17) is 23.8 Å². The topological polar surface area (TPSA) is 28.7 Å². The summed E-state index contributed by atoms with van der Waals surface area (Å²) in [5, 5.41) is 0.764. The molecule has 0 aliphatic heterocycles. The van der Waals surface area contributed by atoms with Crippen LogP contribution < -0.4 is 0 Å². The second-order valence-electron chi connectivity index (χ2n) is 5.10. The van der Waals surface area contributed by atoms with Gasteiger partial charge in [-0.25, -0.2) is 4.98 Å². The van der Waals surface area contributed by atoms with Crippen LogP contribution in [0.2, 0.25) is 5.02 Å². The van der Waals surface area contributed by atoms with E-state index in [1.165, 1.54) is 0 Å². The Hall–Kier alpha value is -0.360. The fourth-order valence-corrected chi connectivity index (χ4v) is 3.57. The normalized spacial score (nSPS) is 11.1. The van der Waals surface area contributed by atoms with Gasteiger partial charge in [0.25, 0.3) is 0 Å². The van der Waals surface area contributed by atoms with E-state index < -0.39 is 0 Å². The van der Waals surface area contributed by atoms with Crippen LogP contribution in [0.15, 0.2) is 33.6 Å². The molecule has 112 valence electrons. The number of aromatic nitrogens is 2. The fraction of sp³-hybridized carbons (Fsp3) is 0.333. The smallest absolute Gasteiger partial charge is 0.144 e. The molecule has 2 rings (SSSR count). The second kappa shape index (κ2) is 7.77. The van der Waals surface area contributed by atoms with Crippen LogP contribution in [0, 0.1) is 10.6 Å². The molecular weight excluding hydrogens is 388 g/mol. The molecule has 1 aromatic heterocycles. The average molecular weight is 404 g/mol. The lowest BCUT2D eigenvalue weighted by Gasteiger charge is -2.10. The minimum atomic E-state index is 0.554. The first kappa shape index (κ1) is 17.0. The molecule has 2 aromatic rings. The molecule has 21 heavy (non-hydrogen) atoms. The number of H-pyrrole nitrogens is 1. The molecule has 0 amide bonds. The maximum absolute atomic E-state index is 6.17. The second-order valence-corrected chi connectivity index (χ2v) is 7.70. The molecule has 0 aliphatic rings. The molecule has 2 nitrogen and oxygen atoms in total. The Labute approximate surface area is 147 Å². The first-order valence-corrected chi connectivity index (χ1v) is 9.18. The van der Waals surface area contributed by atoms with E-state index in [1.807, 2.05) is 24.3 Å². The van der Waals surface area contributed by atoms with Gasteiger partial charge < -0.3 is 4.98 Å². The predicted molar refractivity (Wildman–Crippen MR) is 96.7 cm³/mol. The number of nitrogens with zero attached hydrogens (tertiary/aromatic N) is 1. The van der Waals surface area contributed by atoms with E-state index in [2.05, 4.69) is 39.7 Å². The molecule has 0 atom stereocenters. The first-order chi connectivity index (χ1) is 9.97. The summed E-state index contributed by atoms with van der Waals surface area (Å²) in [4.78, 5) is 8.87. The van der Waals surface area contributed by atoms with Crippen molar-refractivity contribution in [2.24, 2.45) is 5.92 Å². The summed E-state index contributed by atoms with van der Waals surface area (Å²) in [6.45, 7) is 4.36. The van der Waals surface area contributed by atoms with Gasteiger partial charge in [0.2, 0.25) is 0 Å². The molecule has 1 aromatic carbocycles. The number of aromatic amines is 1. The van der Waals surface area contributed by atoms with E-state index in [0.717, 1.165) is 32.3 Å². The number of rotatable bonds is 5. The molecule has 1 N–H and O–H groups in total. The van der Waals surface area contributed by atoms with Crippen molar-refractivity contribution in [1.82, 2.24) is 9.97 Å². The van der Waals surface area contributed by atoms with Crippen molar-refractivity contribution in [1.29, 1.82) is 0 Å². The van der Waals surface area contributed by atoms with Crippen LogP contribution in [-0.4, -0.2) is 9.97 Å². The number of thioether (sulfide) groups is 1. The largest absolute Gasteiger partial charge is 0.345 e. The zero-order chi connectivity index (χ0) is 15.4. The average Bonchev–Trinajstić information content (AvgIpc) is 2.42. The summed E-state index contributed by atoms with van der Waals surface area (Å²) in [6, 6.07) is 7.81. The van der Waals surface area contributed by atoms with Crippen molar-refractivity contribution < 1.29 is 0 Å². The molecule has 0 aliphatic carbocycles. The monoisotopic (exact) mass is 402 g/mol. The Morgan fingerprint density at radius 2 is 2.10 bits per heavy atom. The van der Waals surface area contributed by atoms with Crippen LogP contribution in [0.3, 0.4) is 0 Å². The standard InChI is InChI=1S/C15H16BrClN2S2/c1-9(2)7-11-14(16)15(20)19-13(18-11)8-21-12-6-4-3-5-10(12)17/h3-6,9H,7-8H2,1-2H3,(H,18,19,20). The molecule has 0 spiro atoms. The molecule has 0 fully saturated rings. The van der Waals surface area contributed by atoms with E-state index in [9.17, 15) is 0 Å². The number of halogens is 2. The van der Waals surface area contributed by atoms with Crippen molar-refractivity contribution >= 4 is 51.5 Å². The fourth-order valence-electron chi connectivity index (χ4n) is 1.88. The quantitative estimate of drug-likeness (QED) is 0.487. The highest BCUT2D eigenvalue weighted by atomic mass is 79.9. The van der Waals surface area contributed by atoms with E-state index >= 15 is 0 Å². The lowest BCUT2D eigenvalue weighted by atomic mass is 10.1. The highest BCUT2D eigenvalue weighted by Crippen LogP contribution is 2.29. The summed E-state index contributed by atoms with van der Waals surface area (Å²) in [6.07, 6.45) is 0.941. The summed E-state index contributed by atoms with van der Waals surface area (Å²) in [5.74, 6) is 2.15. The molecule has 0 saturated carbocycles. The Morgan fingerprint density at radius 3 is 2.76 bits per heavy atom. The maximum Gasteiger partial charge on any atom is 0.144 e. The van der Waals surface area contributed by atoms with Crippen LogP contribution >= 0.6 is 51.5 Å². The van der Waals surface area contributed by atoms with Crippen LogP contribution in [0.25, 0.3) is 0 Å². The third kappa shape index (κ3) is 4.81. The van der Waals surface area contributed by atoms with Crippen molar-refractivity contribution in [3.8, 4) is 0 Å². The van der Waals surface area contributed by atoms with Crippen LogP contribution in [0.5, 0.6) is 0 Å². The molecule has 1 heterocycles. The predicted octanol–water partition coefficient (Wildman–Crippen LogP) is 6.05. The molecule has 0 bridgehead atoms. The maximum atomic E-state index is 6.17. The molecule has 6 heteroatoms. The third-order valence-corrected chi connectivity index (χ3v) is 5.74. The highest BCUT2D eigenvalue weighted by molar-refractivity contribution is 9.10. The third-order valence-electron chi connectivity index (χ3n) is 2.80. The summed E-state index contributed by atoms with van der Waals surface area (Å²) >= 11 is 16.7.